The summed E-state index contributed by atoms with van der Waals surface area (Å²) in [6.07, 6.45) is 5.34. The first kappa shape index (κ1) is 34.7. The van der Waals surface area contributed by atoms with Gasteiger partial charge >= 0.3 is 0 Å². The van der Waals surface area contributed by atoms with Gasteiger partial charge in [-0.05, 0) is 79.8 Å². The first-order valence-corrected chi connectivity index (χ1v) is 18.2. The lowest BCUT2D eigenvalue weighted by Crippen LogP contribution is -2.55. The smallest absolute Gasteiger partial charge is 0.264 e. The number of nitrogens with zero attached hydrogens (tertiary/aromatic N) is 2. The maximum absolute atomic E-state index is 14.7. The lowest BCUT2D eigenvalue weighted by molar-refractivity contribution is -0.140. The average molecular weight is 668 g/mol. The number of aryl methyl sites for hydroxylation is 1. The van der Waals surface area contributed by atoms with Crippen molar-refractivity contribution in [1.29, 1.82) is 0 Å². The van der Waals surface area contributed by atoms with Gasteiger partial charge in [-0.2, -0.15) is 0 Å². The van der Waals surface area contributed by atoms with Crippen molar-refractivity contribution in [2.75, 3.05) is 17.5 Å². The van der Waals surface area contributed by atoms with E-state index < -0.39 is 28.5 Å². The van der Waals surface area contributed by atoms with Crippen molar-refractivity contribution in [2.45, 2.75) is 75.9 Å². The van der Waals surface area contributed by atoms with E-state index >= 15 is 0 Å². The molecule has 0 aromatic heterocycles. The third kappa shape index (κ3) is 8.83. The number of benzene rings is 4. The summed E-state index contributed by atoms with van der Waals surface area (Å²) in [4.78, 5) is 30.6. The fourth-order valence-corrected chi connectivity index (χ4v) is 7.61. The van der Waals surface area contributed by atoms with Crippen molar-refractivity contribution >= 4 is 27.5 Å². The summed E-state index contributed by atoms with van der Waals surface area (Å²) in [6.45, 7) is 3.93. The molecule has 8 nitrogen and oxygen atoms in total. The molecule has 1 atom stereocenters. The van der Waals surface area contributed by atoms with Gasteiger partial charge in [-0.25, -0.2) is 8.42 Å². The Bertz CT molecular complexity index is 1740. The summed E-state index contributed by atoms with van der Waals surface area (Å²) in [5.41, 5.74) is 3.12. The van der Waals surface area contributed by atoms with Gasteiger partial charge in [-0.1, -0.05) is 92.1 Å². The van der Waals surface area contributed by atoms with Crippen LogP contribution in [0.2, 0.25) is 0 Å². The van der Waals surface area contributed by atoms with Crippen molar-refractivity contribution in [3.63, 3.8) is 0 Å². The molecule has 48 heavy (non-hydrogen) atoms. The third-order valence-corrected chi connectivity index (χ3v) is 10.7. The van der Waals surface area contributed by atoms with Crippen LogP contribution in [0.1, 0.15) is 55.7 Å². The Kier molecular flexibility index (Phi) is 11.9. The highest BCUT2D eigenvalue weighted by Gasteiger charge is 2.35. The van der Waals surface area contributed by atoms with Crippen molar-refractivity contribution in [1.82, 2.24) is 10.2 Å². The maximum Gasteiger partial charge on any atom is 0.264 e. The molecule has 4 aromatic carbocycles. The molecule has 4 aromatic rings. The minimum atomic E-state index is -4.19. The maximum atomic E-state index is 14.7. The molecule has 0 saturated heterocycles. The quantitative estimate of drug-likeness (QED) is 0.162. The number of para-hydroxylation sites is 1. The molecular formula is C39H45N3O5S. The molecule has 1 saturated carbocycles. The lowest BCUT2D eigenvalue weighted by atomic mass is 9.94. The highest BCUT2D eigenvalue weighted by molar-refractivity contribution is 7.92. The number of hydrogen-bond acceptors (Lipinski definition) is 5. The number of sulfonamides is 1. The number of nitrogens with one attached hydrogen (secondary N) is 1. The van der Waals surface area contributed by atoms with Gasteiger partial charge in [0.25, 0.3) is 10.0 Å². The van der Waals surface area contributed by atoms with Crippen molar-refractivity contribution in [2.24, 2.45) is 0 Å². The molecule has 5 rings (SSSR count). The molecule has 0 heterocycles. The van der Waals surface area contributed by atoms with Crippen LogP contribution in [0.15, 0.2) is 114 Å². The van der Waals surface area contributed by atoms with E-state index in [-0.39, 0.29) is 29.8 Å². The first-order chi connectivity index (χ1) is 23.3. The van der Waals surface area contributed by atoms with Crippen molar-refractivity contribution < 1.29 is 22.7 Å². The number of amides is 2. The van der Waals surface area contributed by atoms with Gasteiger partial charge < -0.3 is 15.0 Å². The molecule has 1 fully saturated rings. The third-order valence-electron chi connectivity index (χ3n) is 8.87. The van der Waals surface area contributed by atoms with Crippen LogP contribution in [-0.4, -0.2) is 50.4 Å². The van der Waals surface area contributed by atoms with E-state index in [1.54, 1.807) is 47.4 Å². The van der Waals surface area contributed by atoms with Crippen LogP contribution < -0.4 is 14.4 Å². The van der Waals surface area contributed by atoms with Crippen LogP contribution in [-0.2, 0) is 32.6 Å². The molecule has 0 spiro atoms. The van der Waals surface area contributed by atoms with Gasteiger partial charge in [0.2, 0.25) is 11.8 Å². The van der Waals surface area contributed by atoms with E-state index in [9.17, 15) is 18.0 Å². The topological polar surface area (TPSA) is 96.0 Å². The second kappa shape index (κ2) is 16.5. The molecule has 252 valence electrons. The Labute approximate surface area is 284 Å². The summed E-state index contributed by atoms with van der Waals surface area (Å²) in [5.74, 6) is -0.152. The fraction of sp³-hybridized carbons (Fsp3) is 0.333. The van der Waals surface area contributed by atoms with Crippen LogP contribution in [0.25, 0.3) is 0 Å². The minimum absolute atomic E-state index is 0.0314. The van der Waals surface area contributed by atoms with Gasteiger partial charge in [0.05, 0.1) is 17.2 Å². The van der Waals surface area contributed by atoms with E-state index in [0.29, 0.717) is 18.0 Å². The largest absolute Gasteiger partial charge is 0.494 e. The summed E-state index contributed by atoms with van der Waals surface area (Å²) < 4.78 is 35.2. The number of carbonyl (C=O) groups is 2. The number of rotatable bonds is 14. The van der Waals surface area contributed by atoms with Crippen molar-refractivity contribution in [3.8, 4) is 5.75 Å². The Hall–Kier alpha value is -4.63. The number of ether oxygens (including phenoxy) is 1. The predicted molar refractivity (Wildman–Crippen MR) is 189 cm³/mol. The second-order valence-corrected chi connectivity index (χ2v) is 14.1. The highest BCUT2D eigenvalue weighted by Crippen LogP contribution is 2.27. The summed E-state index contributed by atoms with van der Waals surface area (Å²) in [7, 11) is -4.19. The SMILES string of the molecule is CCOc1ccc(S(=O)(=O)N(CC(=O)N(Cc2ccccc2C)[C@H](Cc2ccccc2)C(=O)NC2CCCCC2)c2ccccc2)cc1. The van der Waals surface area contributed by atoms with Gasteiger partial charge in [0, 0.05) is 19.0 Å². The van der Waals surface area contributed by atoms with Crippen molar-refractivity contribution in [3.05, 3.63) is 126 Å². The Balaban J connectivity index is 1.54. The fourth-order valence-electron chi connectivity index (χ4n) is 6.19. The molecule has 1 aliphatic carbocycles. The predicted octanol–water partition coefficient (Wildman–Crippen LogP) is 6.68. The molecule has 2 amide bonds. The molecular weight excluding hydrogens is 623 g/mol. The number of anilines is 1. The molecule has 0 radical (unpaired) electrons. The van der Waals surface area contributed by atoms with Crippen LogP contribution >= 0.6 is 0 Å². The highest BCUT2D eigenvalue weighted by atomic mass is 32.2. The minimum Gasteiger partial charge on any atom is -0.494 e. The standard InChI is InChI=1S/C39H45N3O5S/c1-3-47-35-23-25-36(26-24-35)48(45,46)42(34-21-11-6-12-22-34)29-38(43)41(28-32-18-14-13-15-30(32)2)37(27-31-16-7-4-8-17-31)39(44)40-33-19-9-5-10-20-33/h4,6-8,11-18,21-26,33,37H,3,5,9-10,19-20,27-29H2,1-2H3,(H,40,44)/t37-/m1/s1. The Morgan fingerprint density at radius 1 is 0.833 bits per heavy atom. The Morgan fingerprint density at radius 3 is 2.10 bits per heavy atom. The van der Waals surface area contributed by atoms with E-state index in [1.807, 2.05) is 68.4 Å². The normalized spacial score (nSPS) is 14.1. The summed E-state index contributed by atoms with van der Waals surface area (Å²) in [6, 6.07) is 31.4. The number of carbonyl (C=O) groups excluding carboxylic acids is 2. The van der Waals surface area contributed by atoms with E-state index in [2.05, 4.69) is 5.32 Å². The Morgan fingerprint density at radius 2 is 1.46 bits per heavy atom. The number of hydrogen-bond donors (Lipinski definition) is 1. The molecule has 0 bridgehead atoms. The molecule has 1 N–H and O–H groups in total. The van der Waals surface area contributed by atoms with Crippen LogP contribution in [0.3, 0.4) is 0 Å². The van der Waals surface area contributed by atoms with E-state index in [0.717, 1.165) is 53.1 Å². The van der Waals surface area contributed by atoms with Gasteiger partial charge in [-0.15, -0.1) is 0 Å². The van der Waals surface area contributed by atoms with Gasteiger partial charge in [0.1, 0.15) is 18.3 Å². The summed E-state index contributed by atoms with van der Waals surface area (Å²) in [5, 5.41) is 3.26. The second-order valence-electron chi connectivity index (χ2n) is 12.2. The molecule has 0 unspecified atom stereocenters. The lowest BCUT2D eigenvalue weighted by Gasteiger charge is -2.35. The molecule has 9 heteroatoms. The monoisotopic (exact) mass is 667 g/mol. The van der Waals surface area contributed by atoms with Crippen LogP contribution in [0.5, 0.6) is 5.75 Å². The zero-order chi connectivity index (χ0) is 33.9. The van der Waals surface area contributed by atoms with Gasteiger partial charge in [0.15, 0.2) is 0 Å². The molecule has 0 aliphatic heterocycles. The van der Waals surface area contributed by atoms with Gasteiger partial charge in [-0.3, -0.25) is 13.9 Å². The zero-order valence-electron chi connectivity index (χ0n) is 27.8. The van der Waals surface area contributed by atoms with Crippen LogP contribution in [0.4, 0.5) is 5.69 Å². The zero-order valence-corrected chi connectivity index (χ0v) is 28.6. The summed E-state index contributed by atoms with van der Waals surface area (Å²) >= 11 is 0. The van der Waals surface area contributed by atoms with E-state index in [4.69, 9.17) is 4.74 Å². The first-order valence-electron chi connectivity index (χ1n) is 16.7. The van der Waals surface area contributed by atoms with Crippen LogP contribution in [0, 0.1) is 6.92 Å². The van der Waals surface area contributed by atoms with E-state index in [1.165, 1.54) is 12.1 Å². The average Bonchev–Trinajstić information content (AvgIpc) is 3.11. The molecule has 1 aliphatic rings.